The normalized spacial score (nSPS) is 11.0. The van der Waals surface area contributed by atoms with Gasteiger partial charge in [-0.25, -0.2) is 8.78 Å². The molecule has 0 radical (unpaired) electrons. The molecule has 0 nitrogen and oxygen atoms in total. The Balaban J connectivity index is 2.97. The third-order valence-corrected chi connectivity index (χ3v) is 3.52. The van der Waals surface area contributed by atoms with E-state index in [1.54, 1.807) is 6.07 Å². The molecule has 0 atom stereocenters. The number of alkyl halides is 2. The van der Waals surface area contributed by atoms with E-state index >= 15 is 0 Å². The SMILES string of the molecule is CCc1cc(Br)c(C(F)F)s1. The predicted molar refractivity (Wildman–Crippen MR) is 46.4 cm³/mol. The monoisotopic (exact) mass is 240 g/mol. The first kappa shape index (κ1) is 9.13. The molecule has 0 N–H and O–H groups in total. The Morgan fingerprint density at radius 3 is 2.55 bits per heavy atom. The van der Waals surface area contributed by atoms with Crippen molar-refractivity contribution in [3.63, 3.8) is 0 Å². The van der Waals surface area contributed by atoms with Gasteiger partial charge in [0.2, 0.25) is 0 Å². The molecule has 1 heterocycles. The summed E-state index contributed by atoms with van der Waals surface area (Å²) in [4.78, 5) is 1.13. The van der Waals surface area contributed by atoms with Crippen molar-refractivity contribution < 1.29 is 8.78 Å². The largest absolute Gasteiger partial charge is 0.273 e. The Morgan fingerprint density at radius 2 is 2.27 bits per heavy atom. The summed E-state index contributed by atoms with van der Waals surface area (Å²) in [5.41, 5.74) is 0. The zero-order chi connectivity index (χ0) is 8.43. The Labute approximate surface area is 76.4 Å². The van der Waals surface area contributed by atoms with Crippen molar-refractivity contribution in [2.45, 2.75) is 19.8 Å². The van der Waals surface area contributed by atoms with Gasteiger partial charge in [-0.05, 0) is 28.4 Å². The van der Waals surface area contributed by atoms with Crippen LogP contribution in [-0.4, -0.2) is 0 Å². The molecule has 0 aromatic carbocycles. The molecule has 0 unspecified atom stereocenters. The van der Waals surface area contributed by atoms with Gasteiger partial charge in [-0.15, -0.1) is 11.3 Å². The van der Waals surface area contributed by atoms with Gasteiger partial charge in [0, 0.05) is 9.35 Å². The lowest BCUT2D eigenvalue weighted by atomic mass is 10.4. The van der Waals surface area contributed by atoms with Crippen molar-refractivity contribution in [1.82, 2.24) is 0 Å². The minimum absolute atomic E-state index is 0.141. The highest BCUT2D eigenvalue weighted by atomic mass is 79.9. The second-order valence-electron chi connectivity index (χ2n) is 2.08. The summed E-state index contributed by atoms with van der Waals surface area (Å²) < 4.78 is 24.9. The van der Waals surface area contributed by atoms with Gasteiger partial charge in [-0.2, -0.15) is 0 Å². The first-order chi connectivity index (χ1) is 5.15. The number of aryl methyl sites for hydroxylation is 1. The highest BCUT2D eigenvalue weighted by molar-refractivity contribution is 9.10. The van der Waals surface area contributed by atoms with E-state index in [4.69, 9.17) is 0 Å². The number of rotatable bonds is 2. The van der Waals surface area contributed by atoms with Gasteiger partial charge in [0.25, 0.3) is 6.43 Å². The molecule has 0 aliphatic heterocycles. The van der Waals surface area contributed by atoms with Crippen LogP contribution in [0.2, 0.25) is 0 Å². The van der Waals surface area contributed by atoms with Crippen LogP contribution < -0.4 is 0 Å². The van der Waals surface area contributed by atoms with Crippen LogP contribution in [0.3, 0.4) is 0 Å². The Hall–Kier alpha value is 0.0400. The summed E-state index contributed by atoms with van der Waals surface area (Å²) in [7, 11) is 0. The van der Waals surface area contributed by atoms with E-state index in [2.05, 4.69) is 15.9 Å². The molecule has 1 aromatic heterocycles. The number of halogens is 3. The average Bonchev–Trinajstić information content (AvgIpc) is 2.30. The van der Waals surface area contributed by atoms with Crippen molar-refractivity contribution in [1.29, 1.82) is 0 Å². The third kappa shape index (κ3) is 1.99. The van der Waals surface area contributed by atoms with Gasteiger partial charge < -0.3 is 0 Å². The molecule has 0 aliphatic rings. The zero-order valence-corrected chi connectivity index (χ0v) is 8.31. The lowest BCUT2D eigenvalue weighted by Gasteiger charge is -1.92. The van der Waals surface area contributed by atoms with E-state index < -0.39 is 6.43 Å². The lowest BCUT2D eigenvalue weighted by Crippen LogP contribution is -1.75. The summed E-state index contributed by atoms with van der Waals surface area (Å²) in [6.45, 7) is 1.95. The maximum absolute atomic E-state index is 12.2. The van der Waals surface area contributed by atoms with Crippen molar-refractivity contribution >= 4 is 27.3 Å². The van der Waals surface area contributed by atoms with Crippen LogP contribution in [0, 0.1) is 0 Å². The molecule has 0 spiro atoms. The molecular weight excluding hydrogens is 234 g/mol. The molecule has 0 fully saturated rings. The van der Waals surface area contributed by atoms with E-state index in [0.717, 1.165) is 11.3 Å². The van der Waals surface area contributed by atoms with Gasteiger partial charge in [0.1, 0.15) is 0 Å². The summed E-state index contributed by atoms with van der Waals surface area (Å²) in [6.07, 6.45) is -1.54. The number of thiophene rings is 1. The summed E-state index contributed by atoms with van der Waals surface area (Å²) in [6, 6.07) is 1.76. The van der Waals surface area contributed by atoms with E-state index in [-0.39, 0.29) is 4.88 Å². The van der Waals surface area contributed by atoms with Crippen LogP contribution >= 0.6 is 27.3 Å². The fourth-order valence-electron chi connectivity index (χ4n) is 0.755. The quantitative estimate of drug-likeness (QED) is 0.733. The summed E-state index contributed by atoms with van der Waals surface area (Å²) in [5, 5.41) is 0. The van der Waals surface area contributed by atoms with E-state index in [9.17, 15) is 8.78 Å². The van der Waals surface area contributed by atoms with Crippen molar-refractivity contribution in [3.05, 3.63) is 20.3 Å². The second-order valence-corrected chi connectivity index (χ2v) is 4.10. The van der Waals surface area contributed by atoms with Crippen LogP contribution in [0.15, 0.2) is 10.5 Å². The van der Waals surface area contributed by atoms with Gasteiger partial charge in [-0.1, -0.05) is 6.92 Å². The van der Waals surface area contributed by atoms with E-state index in [1.807, 2.05) is 6.92 Å². The Kier molecular flexibility index (Phi) is 3.01. The molecule has 4 heteroatoms. The van der Waals surface area contributed by atoms with Crippen LogP contribution in [0.25, 0.3) is 0 Å². The van der Waals surface area contributed by atoms with Crippen LogP contribution in [0.5, 0.6) is 0 Å². The topological polar surface area (TPSA) is 0 Å². The van der Waals surface area contributed by atoms with Crippen molar-refractivity contribution in [2.24, 2.45) is 0 Å². The molecule has 0 saturated carbocycles. The molecule has 1 rings (SSSR count). The lowest BCUT2D eigenvalue weighted by molar-refractivity contribution is 0.155. The standard InChI is InChI=1S/C7H7BrF2S/c1-2-4-3-5(8)6(11-4)7(9)10/h3,7H,2H2,1H3. The Bertz CT molecular complexity index is 245. The maximum atomic E-state index is 12.2. The Morgan fingerprint density at radius 1 is 1.64 bits per heavy atom. The fourth-order valence-corrected chi connectivity index (χ4v) is 2.45. The third-order valence-electron chi connectivity index (χ3n) is 1.31. The minimum Gasteiger partial charge on any atom is -0.204 e. The van der Waals surface area contributed by atoms with Gasteiger partial charge in [0.05, 0.1) is 4.88 Å². The van der Waals surface area contributed by atoms with E-state index in [0.29, 0.717) is 4.47 Å². The van der Waals surface area contributed by atoms with Gasteiger partial charge >= 0.3 is 0 Å². The molecule has 1 aromatic rings. The molecule has 0 bridgehead atoms. The smallest absolute Gasteiger partial charge is 0.204 e. The fraction of sp³-hybridized carbons (Fsp3) is 0.429. The van der Waals surface area contributed by atoms with Crippen molar-refractivity contribution in [3.8, 4) is 0 Å². The van der Waals surface area contributed by atoms with Crippen LogP contribution in [0.1, 0.15) is 23.1 Å². The summed E-state index contributed by atoms with van der Waals surface area (Å²) >= 11 is 4.26. The van der Waals surface area contributed by atoms with E-state index in [1.165, 1.54) is 11.3 Å². The second kappa shape index (κ2) is 3.63. The number of hydrogen-bond acceptors (Lipinski definition) is 1. The van der Waals surface area contributed by atoms with Gasteiger partial charge in [0.15, 0.2) is 0 Å². The highest BCUT2D eigenvalue weighted by Crippen LogP contribution is 2.35. The molecule has 0 aliphatic carbocycles. The van der Waals surface area contributed by atoms with Gasteiger partial charge in [-0.3, -0.25) is 0 Å². The molecule has 0 saturated heterocycles. The molecule has 62 valence electrons. The molecular formula is C7H7BrF2S. The van der Waals surface area contributed by atoms with Crippen molar-refractivity contribution in [2.75, 3.05) is 0 Å². The zero-order valence-electron chi connectivity index (χ0n) is 5.90. The predicted octanol–water partition coefficient (Wildman–Crippen LogP) is 4.01. The maximum Gasteiger partial charge on any atom is 0.273 e. The van der Waals surface area contributed by atoms with Crippen LogP contribution in [0.4, 0.5) is 8.78 Å². The first-order valence-corrected chi connectivity index (χ1v) is 4.82. The molecule has 11 heavy (non-hydrogen) atoms. The van der Waals surface area contributed by atoms with Crippen LogP contribution in [-0.2, 0) is 6.42 Å². The first-order valence-electron chi connectivity index (χ1n) is 3.21. The summed E-state index contributed by atoms with van der Waals surface area (Å²) in [5.74, 6) is 0. The highest BCUT2D eigenvalue weighted by Gasteiger charge is 2.14. The average molecular weight is 241 g/mol. The molecule has 0 amide bonds. The minimum atomic E-state index is -2.35. The number of hydrogen-bond donors (Lipinski definition) is 0.